The summed E-state index contributed by atoms with van der Waals surface area (Å²) in [4.78, 5) is 22.5. The van der Waals surface area contributed by atoms with Crippen LogP contribution in [0.25, 0.3) is 0 Å². The normalized spacial score (nSPS) is 13.5. The number of nitrogens with zero attached hydrogens (tertiary/aromatic N) is 3. The maximum Gasteiger partial charge on any atom is 0.298 e. The summed E-state index contributed by atoms with van der Waals surface area (Å²) >= 11 is 0. The van der Waals surface area contributed by atoms with Gasteiger partial charge in [-0.3, -0.25) is 10.2 Å². The minimum atomic E-state index is -0.107. The van der Waals surface area contributed by atoms with Crippen LogP contribution in [-0.4, -0.2) is 45.6 Å². The van der Waals surface area contributed by atoms with Crippen molar-refractivity contribution in [3.63, 3.8) is 0 Å². The molecule has 1 aromatic heterocycles. The Morgan fingerprint density at radius 2 is 1.82 bits per heavy atom. The van der Waals surface area contributed by atoms with Gasteiger partial charge in [0.05, 0.1) is 11.3 Å². The van der Waals surface area contributed by atoms with E-state index < -0.39 is 0 Å². The first kappa shape index (κ1) is 23.0. The Labute approximate surface area is 199 Å². The topological polar surface area (TPSA) is 91.2 Å². The fourth-order valence-corrected chi connectivity index (χ4v) is 3.76. The third-order valence-corrected chi connectivity index (χ3v) is 5.60. The number of aromatic nitrogens is 2. The molecule has 1 saturated heterocycles. The number of anilines is 1. The van der Waals surface area contributed by atoms with Crippen molar-refractivity contribution in [1.82, 2.24) is 14.9 Å². The van der Waals surface area contributed by atoms with Crippen molar-refractivity contribution in [2.24, 2.45) is 0 Å². The second-order valence-electron chi connectivity index (χ2n) is 7.97. The van der Waals surface area contributed by atoms with Gasteiger partial charge in [-0.2, -0.15) is 0 Å². The average molecular weight is 454 g/mol. The van der Waals surface area contributed by atoms with Crippen molar-refractivity contribution in [2.75, 3.05) is 18.4 Å². The molecule has 0 aliphatic carbocycles. The van der Waals surface area contributed by atoms with Gasteiger partial charge in [0.25, 0.3) is 5.91 Å². The van der Waals surface area contributed by atoms with Crippen molar-refractivity contribution in [3.05, 3.63) is 78.2 Å². The van der Waals surface area contributed by atoms with Gasteiger partial charge >= 0.3 is 0 Å². The standard InChI is InChI=1S/C27H27N5O2/c1-2-3-9-25(33)32-16-14-21(15-17-32)31-27-24(18-29-19-30-27)26(28)20-10-12-23(13-11-20)34-22-7-5-4-6-8-22/h4-8,10-13,18-19,21,28H,2,14-17H2,1H3,(H,29,30,31). The zero-order valence-corrected chi connectivity index (χ0v) is 19.1. The predicted octanol–water partition coefficient (Wildman–Crippen LogP) is 4.50. The minimum Gasteiger partial charge on any atom is -0.457 e. The predicted molar refractivity (Wildman–Crippen MR) is 132 cm³/mol. The Balaban J connectivity index is 1.40. The van der Waals surface area contributed by atoms with E-state index in [1.807, 2.05) is 61.5 Å². The molecule has 2 heterocycles. The first-order valence-electron chi connectivity index (χ1n) is 11.4. The van der Waals surface area contributed by atoms with Gasteiger partial charge in [-0.1, -0.05) is 31.0 Å². The van der Waals surface area contributed by atoms with Crippen LogP contribution in [0.3, 0.4) is 0 Å². The van der Waals surface area contributed by atoms with Crippen LogP contribution in [0, 0.1) is 17.3 Å². The molecule has 0 atom stereocenters. The van der Waals surface area contributed by atoms with Crippen molar-refractivity contribution >= 4 is 17.4 Å². The second-order valence-corrected chi connectivity index (χ2v) is 7.97. The summed E-state index contributed by atoms with van der Waals surface area (Å²) in [6.07, 6.45) is 5.40. The average Bonchev–Trinajstić information content (AvgIpc) is 2.89. The molecule has 0 radical (unpaired) electrons. The summed E-state index contributed by atoms with van der Waals surface area (Å²) in [6, 6.07) is 17.2. The van der Waals surface area contributed by atoms with Gasteiger partial charge in [0.2, 0.25) is 0 Å². The number of benzene rings is 2. The number of nitrogens with one attached hydrogen (secondary N) is 2. The molecule has 7 heteroatoms. The molecular weight excluding hydrogens is 426 g/mol. The fraction of sp³-hybridized carbons (Fsp3) is 0.259. The summed E-state index contributed by atoms with van der Waals surface area (Å²) in [7, 11) is 0. The summed E-state index contributed by atoms with van der Waals surface area (Å²) in [6.45, 7) is 3.23. The lowest BCUT2D eigenvalue weighted by Crippen LogP contribution is -2.42. The summed E-state index contributed by atoms with van der Waals surface area (Å²) in [5, 5.41) is 12.2. The Bertz CT molecular complexity index is 1190. The SMILES string of the molecule is CCC#CC(=O)N1CCC(Nc2ncncc2C(=N)c2ccc(Oc3ccccc3)cc2)CC1. The Kier molecular flexibility index (Phi) is 7.51. The first-order chi connectivity index (χ1) is 16.6. The third-order valence-electron chi connectivity index (χ3n) is 5.60. The maximum atomic E-state index is 12.1. The summed E-state index contributed by atoms with van der Waals surface area (Å²) < 4.78 is 5.85. The molecule has 1 fully saturated rings. The number of piperidine rings is 1. The number of carbonyl (C=O) groups excluding carboxylic acids is 1. The molecule has 7 nitrogen and oxygen atoms in total. The van der Waals surface area contributed by atoms with E-state index in [-0.39, 0.29) is 11.9 Å². The zero-order valence-electron chi connectivity index (χ0n) is 19.1. The summed E-state index contributed by atoms with van der Waals surface area (Å²) in [5.41, 5.74) is 1.71. The van der Waals surface area contributed by atoms with Gasteiger partial charge in [-0.15, -0.1) is 0 Å². The molecule has 3 aromatic rings. The molecule has 1 amide bonds. The van der Waals surface area contributed by atoms with Gasteiger partial charge in [0.15, 0.2) is 0 Å². The molecule has 1 aliphatic heterocycles. The van der Waals surface area contributed by atoms with E-state index in [0.29, 0.717) is 42.4 Å². The number of carbonyl (C=O) groups is 1. The fourth-order valence-electron chi connectivity index (χ4n) is 3.76. The van der Waals surface area contributed by atoms with Gasteiger partial charge < -0.3 is 15.0 Å². The highest BCUT2D eigenvalue weighted by molar-refractivity contribution is 6.13. The maximum absolute atomic E-state index is 12.1. The minimum absolute atomic E-state index is 0.107. The number of rotatable bonds is 6. The van der Waals surface area contributed by atoms with E-state index in [1.165, 1.54) is 6.33 Å². The molecule has 172 valence electrons. The van der Waals surface area contributed by atoms with Crippen LogP contribution >= 0.6 is 0 Å². The molecule has 4 rings (SSSR count). The zero-order chi connectivity index (χ0) is 23.8. The van der Waals surface area contributed by atoms with E-state index in [0.717, 1.165) is 24.2 Å². The number of para-hydroxylation sites is 1. The van der Waals surface area contributed by atoms with Crippen LogP contribution in [0.2, 0.25) is 0 Å². The Morgan fingerprint density at radius 3 is 2.53 bits per heavy atom. The van der Waals surface area contributed by atoms with Gasteiger partial charge in [0.1, 0.15) is 23.6 Å². The lowest BCUT2D eigenvalue weighted by Gasteiger charge is -2.31. The molecular formula is C27H27N5O2. The number of amides is 1. The number of ether oxygens (including phenoxy) is 1. The molecule has 2 N–H and O–H groups in total. The van der Waals surface area contributed by atoms with Crippen LogP contribution in [0.4, 0.5) is 5.82 Å². The van der Waals surface area contributed by atoms with E-state index in [9.17, 15) is 4.79 Å². The quantitative estimate of drug-likeness (QED) is 0.424. The molecule has 2 aromatic carbocycles. The van der Waals surface area contributed by atoms with E-state index in [1.54, 1.807) is 11.1 Å². The largest absolute Gasteiger partial charge is 0.457 e. The highest BCUT2D eigenvalue weighted by atomic mass is 16.5. The first-order valence-corrected chi connectivity index (χ1v) is 11.4. The van der Waals surface area contributed by atoms with Crippen LogP contribution < -0.4 is 10.1 Å². The molecule has 0 saturated carbocycles. The van der Waals surface area contributed by atoms with Gasteiger partial charge in [-0.05, 0) is 55.2 Å². The van der Waals surface area contributed by atoms with Crippen molar-refractivity contribution in [2.45, 2.75) is 32.2 Å². The molecule has 0 spiro atoms. The number of hydrogen-bond acceptors (Lipinski definition) is 6. The molecule has 34 heavy (non-hydrogen) atoms. The highest BCUT2D eigenvalue weighted by Gasteiger charge is 2.23. The lowest BCUT2D eigenvalue weighted by molar-refractivity contribution is -0.126. The van der Waals surface area contributed by atoms with Crippen LogP contribution in [0.1, 0.15) is 37.3 Å². The molecule has 0 bridgehead atoms. The number of likely N-dealkylation sites (tertiary alicyclic amines) is 1. The van der Waals surface area contributed by atoms with E-state index in [2.05, 4.69) is 27.1 Å². The van der Waals surface area contributed by atoms with Crippen molar-refractivity contribution in [3.8, 4) is 23.3 Å². The van der Waals surface area contributed by atoms with Gasteiger partial charge in [0, 0.05) is 37.3 Å². The van der Waals surface area contributed by atoms with Crippen LogP contribution in [-0.2, 0) is 4.79 Å². The molecule has 1 aliphatic rings. The Morgan fingerprint density at radius 1 is 1.12 bits per heavy atom. The Hall–Kier alpha value is -4.18. The van der Waals surface area contributed by atoms with E-state index in [4.69, 9.17) is 10.1 Å². The molecule has 0 unspecified atom stereocenters. The van der Waals surface area contributed by atoms with Gasteiger partial charge in [-0.25, -0.2) is 9.97 Å². The van der Waals surface area contributed by atoms with Crippen LogP contribution in [0.5, 0.6) is 11.5 Å². The highest BCUT2D eigenvalue weighted by Crippen LogP contribution is 2.24. The summed E-state index contributed by atoms with van der Waals surface area (Å²) in [5.74, 6) is 7.51. The van der Waals surface area contributed by atoms with E-state index >= 15 is 0 Å². The number of hydrogen-bond donors (Lipinski definition) is 2. The lowest BCUT2D eigenvalue weighted by atomic mass is 10.0. The third kappa shape index (κ3) is 5.78. The second kappa shape index (κ2) is 11.1. The van der Waals surface area contributed by atoms with Crippen molar-refractivity contribution < 1.29 is 9.53 Å². The smallest absolute Gasteiger partial charge is 0.298 e. The van der Waals surface area contributed by atoms with Crippen LogP contribution in [0.15, 0.2) is 67.1 Å². The monoisotopic (exact) mass is 453 g/mol. The van der Waals surface area contributed by atoms with Crippen molar-refractivity contribution in [1.29, 1.82) is 5.41 Å².